The highest BCUT2D eigenvalue weighted by Gasteiger charge is 2.34. The average molecular weight is 463 g/mol. The number of carbonyl (C=O) groups excluding carboxylic acids is 1. The molecule has 1 aliphatic heterocycles. The van der Waals surface area contributed by atoms with E-state index >= 15 is 0 Å². The molecule has 0 aromatic heterocycles. The molecule has 9 heteroatoms. The Hall–Kier alpha value is -3.13. The molecule has 1 heterocycles. The van der Waals surface area contributed by atoms with Crippen LogP contribution in [0.25, 0.3) is 0 Å². The highest BCUT2D eigenvalue weighted by Crippen LogP contribution is 2.40. The van der Waals surface area contributed by atoms with Crippen molar-refractivity contribution in [1.82, 2.24) is 4.90 Å². The quantitative estimate of drug-likeness (QED) is 0.587. The first-order valence-electron chi connectivity index (χ1n) is 10.4. The number of nitrogens with zero attached hydrogens (tertiary/aromatic N) is 1. The van der Waals surface area contributed by atoms with Crippen LogP contribution in [0.4, 0.5) is 10.5 Å². The van der Waals surface area contributed by atoms with E-state index in [1.165, 1.54) is 12.0 Å². The topological polar surface area (TPSA) is 97.3 Å². The summed E-state index contributed by atoms with van der Waals surface area (Å²) in [6.07, 6.45) is 0.310. The van der Waals surface area contributed by atoms with Crippen molar-refractivity contribution in [3.63, 3.8) is 0 Å². The zero-order valence-electron chi connectivity index (χ0n) is 18.3. The molecule has 0 saturated carbocycles. The Kier molecular flexibility index (Phi) is 7.69. The first-order chi connectivity index (χ1) is 15.4. The molecule has 1 aliphatic rings. The van der Waals surface area contributed by atoms with E-state index in [9.17, 15) is 14.7 Å². The number of halogens is 1. The van der Waals surface area contributed by atoms with Crippen molar-refractivity contribution in [2.24, 2.45) is 0 Å². The van der Waals surface area contributed by atoms with E-state index in [0.717, 1.165) is 11.1 Å². The van der Waals surface area contributed by atoms with Crippen LogP contribution in [-0.4, -0.2) is 48.9 Å². The van der Waals surface area contributed by atoms with Gasteiger partial charge in [-0.05, 0) is 61.7 Å². The van der Waals surface area contributed by atoms with Gasteiger partial charge < -0.3 is 29.5 Å². The van der Waals surface area contributed by atoms with Crippen molar-refractivity contribution >= 4 is 29.3 Å². The van der Waals surface area contributed by atoms with Gasteiger partial charge in [0.2, 0.25) is 0 Å². The molecule has 0 radical (unpaired) electrons. The fourth-order valence-corrected chi connectivity index (χ4v) is 4.01. The van der Waals surface area contributed by atoms with Gasteiger partial charge >= 0.3 is 12.0 Å². The highest BCUT2D eigenvalue weighted by atomic mass is 35.5. The number of urea groups is 1. The molecular weight excluding hydrogens is 436 g/mol. The van der Waals surface area contributed by atoms with Gasteiger partial charge in [0, 0.05) is 11.6 Å². The minimum absolute atomic E-state index is 0.243. The van der Waals surface area contributed by atoms with Crippen LogP contribution in [-0.2, 0) is 11.2 Å². The molecule has 2 aromatic rings. The number of carboxylic acid groups (broad SMARTS) is 1. The fourth-order valence-electron chi connectivity index (χ4n) is 3.84. The molecular formula is C23H27ClN2O6. The van der Waals surface area contributed by atoms with E-state index in [2.05, 4.69) is 5.32 Å². The van der Waals surface area contributed by atoms with E-state index in [0.29, 0.717) is 54.1 Å². The maximum absolute atomic E-state index is 13.2. The van der Waals surface area contributed by atoms with Crippen molar-refractivity contribution < 1.29 is 28.9 Å². The number of fused-ring (bicyclic) bond motifs is 1. The fraction of sp³-hybridized carbons (Fsp3) is 0.391. The van der Waals surface area contributed by atoms with Crippen molar-refractivity contribution in [3.8, 4) is 17.2 Å². The largest absolute Gasteiger partial charge is 0.495 e. The minimum Gasteiger partial charge on any atom is -0.495 e. The molecule has 3 rings (SSSR count). The van der Waals surface area contributed by atoms with Crippen molar-refractivity contribution in [2.45, 2.75) is 32.7 Å². The van der Waals surface area contributed by atoms with E-state index < -0.39 is 18.0 Å². The van der Waals surface area contributed by atoms with Gasteiger partial charge in [-0.25, -0.2) is 4.79 Å². The first kappa shape index (κ1) is 23.5. The number of rotatable bonds is 8. The standard InChI is InChI=1S/C23H27ClN2O6/c1-4-31-20-10-14-8-9-26(18(13-22(27)28)16(14)12-21(20)32-5-2)23(29)25-17-11-15(24)6-7-19(17)30-3/h6-7,10-12,18H,4-5,8-9,13H2,1-3H3,(H,25,29)(H,27,28)/t18-/m1/s1. The molecule has 0 unspecified atom stereocenters. The number of amides is 2. The molecule has 0 saturated heterocycles. The number of anilines is 1. The molecule has 0 fully saturated rings. The van der Waals surface area contributed by atoms with E-state index in [4.69, 9.17) is 25.8 Å². The highest BCUT2D eigenvalue weighted by molar-refractivity contribution is 6.31. The molecule has 2 N–H and O–H groups in total. The number of carbonyl (C=O) groups is 2. The molecule has 2 amide bonds. The predicted octanol–water partition coefficient (Wildman–Crippen LogP) is 4.75. The number of hydrogen-bond acceptors (Lipinski definition) is 5. The number of benzene rings is 2. The third-order valence-corrected chi connectivity index (χ3v) is 5.43. The summed E-state index contributed by atoms with van der Waals surface area (Å²) in [7, 11) is 1.49. The molecule has 0 spiro atoms. The van der Waals surface area contributed by atoms with Crippen molar-refractivity contribution in [1.29, 1.82) is 0 Å². The van der Waals surface area contributed by atoms with Gasteiger partial charge in [0.15, 0.2) is 11.5 Å². The predicted molar refractivity (Wildman–Crippen MR) is 121 cm³/mol. The van der Waals surface area contributed by atoms with Gasteiger partial charge in [0.25, 0.3) is 0 Å². The number of aliphatic carboxylic acids is 1. The monoisotopic (exact) mass is 462 g/mol. The minimum atomic E-state index is -1.01. The number of hydrogen-bond donors (Lipinski definition) is 2. The Morgan fingerprint density at radius 2 is 1.81 bits per heavy atom. The Morgan fingerprint density at radius 1 is 1.12 bits per heavy atom. The number of ether oxygens (including phenoxy) is 3. The lowest BCUT2D eigenvalue weighted by molar-refractivity contribution is -0.138. The molecule has 0 bridgehead atoms. The van der Waals surface area contributed by atoms with Gasteiger partial charge in [-0.15, -0.1) is 0 Å². The zero-order chi connectivity index (χ0) is 23.3. The number of nitrogens with one attached hydrogen (secondary N) is 1. The van der Waals surface area contributed by atoms with Crippen LogP contribution in [0.1, 0.15) is 37.4 Å². The molecule has 32 heavy (non-hydrogen) atoms. The van der Waals surface area contributed by atoms with Crippen LogP contribution in [0.5, 0.6) is 17.2 Å². The van der Waals surface area contributed by atoms with E-state index in [-0.39, 0.29) is 6.42 Å². The summed E-state index contributed by atoms with van der Waals surface area (Å²) in [6.45, 7) is 5.01. The molecule has 1 atom stereocenters. The third kappa shape index (κ3) is 5.19. The summed E-state index contributed by atoms with van der Waals surface area (Å²) in [5.41, 5.74) is 2.08. The van der Waals surface area contributed by atoms with Crippen LogP contribution in [0.15, 0.2) is 30.3 Å². The Labute approximate surface area is 192 Å². The summed E-state index contributed by atoms with van der Waals surface area (Å²) in [4.78, 5) is 26.4. The van der Waals surface area contributed by atoms with Gasteiger partial charge in [0.05, 0.1) is 38.5 Å². The van der Waals surface area contributed by atoms with Gasteiger partial charge in [-0.3, -0.25) is 4.79 Å². The maximum Gasteiger partial charge on any atom is 0.322 e. The summed E-state index contributed by atoms with van der Waals surface area (Å²) < 4.78 is 16.7. The van der Waals surface area contributed by atoms with Crippen LogP contribution in [0.3, 0.4) is 0 Å². The summed E-state index contributed by atoms with van der Waals surface area (Å²) >= 11 is 6.07. The Balaban J connectivity index is 1.96. The molecule has 172 valence electrons. The summed E-state index contributed by atoms with van der Waals surface area (Å²) in [5, 5.41) is 12.8. The SMILES string of the molecule is CCOc1cc2c(cc1OCC)[C@@H](CC(=O)O)N(C(=O)Nc1cc(Cl)ccc1OC)CC2. The van der Waals surface area contributed by atoms with Gasteiger partial charge in [-0.2, -0.15) is 0 Å². The van der Waals surface area contributed by atoms with Crippen LogP contribution >= 0.6 is 11.6 Å². The zero-order valence-corrected chi connectivity index (χ0v) is 19.1. The maximum atomic E-state index is 13.2. The smallest absolute Gasteiger partial charge is 0.322 e. The van der Waals surface area contributed by atoms with Gasteiger partial charge in [0.1, 0.15) is 5.75 Å². The normalized spacial score (nSPS) is 15.0. The lowest BCUT2D eigenvalue weighted by Crippen LogP contribution is -2.43. The second kappa shape index (κ2) is 10.5. The third-order valence-electron chi connectivity index (χ3n) is 5.19. The molecule has 0 aliphatic carbocycles. The second-order valence-electron chi connectivity index (χ2n) is 7.20. The lowest BCUT2D eigenvalue weighted by Gasteiger charge is -2.37. The second-order valence-corrected chi connectivity index (χ2v) is 7.63. The average Bonchev–Trinajstić information content (AvgIpc) is 2.74. The number of carboxylic acids is 1. The van der Waals surface area contributed by atoms with Crippen molar-refractivity contribution in [3.05, 3.63) is 46.5 Å². The molecule has 8 nitrogen and oxygen atoms in total. The van der Waals surface area contributed by atoms with Gasteiger partial charge in [-0.1, -0.05) is 11.6 Å². The van der Waals surface area contributed by atoms with Crippen LogP contribution in [0, 0.1) is 0 Å². The van der Waals surface area contributed by atoms with Crippen LogP contribution < -0.4 is 19.5 Å². The van der Waals surface area contributed by atoms with Crippen LogP contribution in [0.2, 0.25) is 5.02 Å². The van der Waals surface area contributed by atoms with Crippen molar-refractivity contribution in [2.75, 3.05) is 32.2 Å². The summed E-state index contributed by atoms with van der Waals surface area (Å²) in [5.74, 6) is 0.591. The Morgan fingerprint density at radius 3 is 2.44 bits per heavy atom. The summed E-state index contributed by atoms with van der Waals surface area (Å²) in [6, 6.07) is 7.47. The first-order valence-corrected chi connectivity index (χ1v) is 10.8. The lowest BCUT2D eigenvalue weighted by atomic mass is 9.90. The Bertz CT molecular complexity index is 997. The molecule has 2 aromatic carbocycles. The van der Waals surface area contributed by atoms with E-state index in [1.54, 1.807) is 24.3 Å². The number of methoxy groups -OCH3 is 1. The van der Waals surface area contributed by atoms with E-state index in [1.807, 2.05) is 19.9 Å².